The summed E-state index contributed by atoms with van der Waals surface area (Å²) >= 11 is 11.7. The average molecular weight is 693 g/mol. The molecule has 0 saturated heterocycles. The summed E-state index contributed by atoms with van der Waals surface area (Å²) in [7, 11) is 0. The zero-order chi connectivity index (χ0) is 33.7. The number of carbonyl (C=O) groups excluding carboxylic acids is 2. The van der Waals surface area contributed by atoms with E-state index in [1.165, 1.54) is 12.8 Å². The molecular formula is C36H43Cl2N7O3. The van der Waals surface area contributed by atoms with Crippen molar-refractivity contribution in [3.8, 4) is 6.07 Å². The monoisotopic (exact) mass is 691 g/mol. The predicted molar refractivity (Wildman–Crippen MR) is 184 cm³/mol. The van der Waals surface area contributed by atoms with Crippen LogP contribution in [0.2, 0.25) is 10.0 Å². The van der Waals surface area contributed by atoms with E-state index in [4.69, 9.17) is 33.6 Å². The summed E-state index contributed by atoms with van der Waals surface area (Å²) in [5, 5.41) is 35.4. The molecule has 254 valence electrons. The first kappa shape index (κ1) is 34.1. The maximum Gasteiger partial charge on any atom is 0.315 e. The number of carbonyl (C=O) groups is 2. The van der Waals surface area contributed by atoms with E-state index in [1.54, 1.807) is 12.4 Å². The number of nitrogens with zero attached hydrogens (tertiary/aromatic N) is 3. The van der Waals surface area contributed by atoms with Gasteiger partial charge in [-0.1, -0.05) is 47.5 Å². The van der Waals surface area contributed by atoms with Gasteiger partial charge in [0.1, 0.15) is 6.07 Å². The molecule has 0 radical (unpaired) electrons. The molecule has 4 amide bonds. The van der Waals surface area contributed by atoms with Crippen molar-refractivity contribution in [2.75, 3.05) is 6.61 Å². The number of hydrogen-bond acceptors (Lipinski definition) is 5. The van der Waals surface area contributed by atoms with Crippen LogP contribution in [0.4, 0.5) is 9.59 Å². The number of rotatable bonds is 9. The first-order valence-corrected chi connectivity index (χ1v) is 17.5. The van der Waals surface area contributed by atoms with E-state index in [1.807, 2.05) is 53.2 Å². The lowest BCUT2D eigenvalue weighted by Crippen LogP contribution is -2.58. The second-order valence-electron chi connectivity index (χ2n) is 14.4. The molecule has 0 unspecified atom stereocenters. The number of urea groups is 2. The molecule has 48 heavy (non-hydrogen) atoms. The van der Waals surface area contributed by atoms with Crippen LogP contribution >= 0.6 is 23.2 Å². The number of nitrogens with one attached hydrogen (secondary N) is 4. The maximum atomic E-state index is 12.1. The van der Waals surface area contributed by atoms with Crippen molar-refractivity contribution in [1.82, 2.24) is 31.0 Å². The van der Waals surface area contributed by atoms with Gasteiger partial charge in [0.25, 0.3) is 0 Å². The Morgan fingerprint density at radius 3 is 1.67 bits per heavy atom. The molecule has 3 aromatic rings. The van der Waals surface area contributed by atoms with E-state index in [0.717, 1.165) is 56.2 Å². The van der Waals surface area contributed by atoms with Crippen LogP contribution in [0, 0.1) is 34.0 Å². The normalized spacial score (nSPS) is 27.9. The minimum absolute atomic E-state index is 0.108. The number of aliphatic hydroxyl groups is 1. The molecule has 10 nitrogen and oxygen atoms in total. The van der Waals surface area contributed by atoms with Gasteiger partial charge in [0.05, 0.1) is 11.8 Å². The summed E-state index contributed by atoms with van der Waals surface area (Å²) in [6.45, 7) is 2.19. The van der Waals surface area contributed by atoms with Crippen LogP contribution in [-0.2, 0) is 19.6 Å². The molecule has 2 aromatic carbocycles. The standard InChI is InChI=1S/C20H22ClN5O.C16H21ClN2O2/c21-17-3-1-14(2-4-17)10-23-19(27)25-18-7-20(8-18)5-15(6-20)12-26-13-16(9-22)11-24-26;17-13-3-1-11(2-4-13)9-18-15(21)19-14-7-16(8-14)5-12(6-16)10-20/h1-4,11,13,15,18H,5-8,10,12H2,(H2,23,25,27);1-4,12,14,20H,5-10H2,(H2,18,19,21). The Kier molecular flexibility index (Phi) is 10.5. The Morgan fingerprint density at radius 1 is 0.792 bits per heavy atom. The highest BCUT2D eigenvalue weighted by atomic mass is 35.5. The second-order valence-corrected chi connectivity index (χ2v) is 15.3. The smallest absolute Gasteiger partial charge is 0.315 e. The first-order chi connectivity index (χ1) is 23.1. The van der Waals surface area contributed by atoms with E-state index >= 15 is 0 Å². The van der Waals surface area contributed by atoms with E-state index in [-0.39, 0.29) is 24.1 Å². The number of nitriles is 1. The Balaban J connectivity index is 0.000000173. The Labute approximate surface area is 291 Å². The molecule has 1 heterocycles. The average Bonchev–Trinajstić information content (AvgIpc) is 3.47. The van der Waals surface area contributed by atoms with Gasteiger partial charge < -0.3 is 26.4 Å². The Hall–Kier alpha value is -3.78. The highest BCUT2D eigenvalue weighted by Crippen LogP contribution is 2.59. The maximum absolute atomic E-state index is 12.1. The van der Waals surface area contributed by atoms with Crippen molar-refractivity contribution in [2.24, 2.45) is 22.7 Å². The summed E-state index contributed by atoms with van der Waals surface area (Å²) in [4.78, 5) is 23.9. The van der Waals surface area contributed by atoms with Crippen LogP contribution in [-0.4, -0.2) is 45.6 Å². The number of halogens is 2. The zero-order valence-corrected chi connectivity index (χ0v) is 28.4. The highest BCUT2D eigenvalue weighted by Gasteiger charge is 2.53. The third-order valence-electron chi connectivity index (χ3n) is 10.5. The number of aromatic nitrogens is 2. The topological polar surface area (TPSA) is 144 Å². The van der Waals surface area contributed by atoms with Crippen LogP contribution in [0.3, 0.4) is 0 Å². The van der Waals surface area contributed by atoms with E-state index in [2.05, 4.69) is 32.4 Å². The molecule has 0 atom stereocenters. The molecule has 4 fully saturated rings. The van der Waals surface area contributed by atoms with E-state index < -0.39 is 0 Å². The van der Waals surface area contributed by atoms with Gasteiger partial charge >= 0.3 is 12.1 Å². The lowest BCUT2D eigenvalue weighted by atomic mass is 9.50. The molecule has 4 saturated carbocycles. The molecule has 5 N–H and O–H groups in total. The molecule has 7 rings (SSSR count). The minimum Gasteiger partial charge on any atom is -0.396 e. The molecule has 1 aromatic heterocycles. The first-order valence-electron chi connectivity index (χ1n) is 16.7. The third kappa shape index (κ3) is 8.62. The van der Waals surface area contributed by atoms with Gasteiger partial charge in [-0.05, 0) is 109 Å². The fourth-order valence-electron chi connectivity index (χ4n) is 8.26. The van der Waals surface area contributed by atoms with Crippen molar-refractivity contribution >= 4 is 35.3 Å². The lowest BCUT2D eigenvalue weighted by molar-refractivity contribution is -0.0636. The van der Waals surface area contributed by atoms with Crippen LogP contribution in [0.25, 0.3) is 0 Å². The molecule has 12 heteroatoms. The summed E-state index contributed by atoms with van der Waals surface area (Å²) in [6.07, 6.45) is 12.2. The zero-order valence-electron chi connectivity index (χ0n) is 26.9. The van der Waals surface area contributed by atoms with Crippen molar-refractivity contribution in [3.63, 3.8) is 0 Å². The predicted octanol–water partition coefficient (Wildman–Crippen LogP) is 6.16. The quantitative estimate of drug-likeness (QED) is 0.183. The van der Waals surface area contributed by atoms with Crippen molar-refractivity contribution in [3.05, 3.63) is 87.7 Å². The van der Waals surface area contributed by atoms with Crippen molar-refractivity contribution in [2.45, 2.75) is 83.1 Å². The molecule has 2 spiro atoms. The molecule has 4 aliphatic carbocycles. The lowest BCUT2D eigenvalue weighted by Gasteiger charge is -2.57. The summed E-state index contributed by atoms with van der Waals surface area (Å²) in [5.41, 5.74) is 3.50. The van der Waals surface area contributed by atoms with Crippen LogP contribution in [0.5, 0.6) is 0 Å². The number of aliphatic hydroxyl groups excluding tert-OH is 1. The number of amides is 4. The van der Waals surface area contributed by atoms with Gasteiger partial charge in [-0.25, -0.2) is 9.59 Å². The fraction of sp³-hybridized carbons (Fsp3) is 0.500. The molecule has 0 aliphatic heterocycles. The molecule has 4 aliphatic rings. The van der Waals surface area contributed by atoms with Gasteiger partial charge in [0.2, 0.25) is 0 Å². The number of hydrogen-bond donors (Lipinski definition) is 5. The van der Waals surface area contributed by atoms with Gasteiger partial charge in [-0.2, -0.15) is 10.4 Å². The van der Waals surface area contributed by atoms with Crippen LogP contribution in [0.15, 0.2) is 60.9 Å². The van der Waals surface area contributed by atoms with Gasteiger partial charge in [0.15, 0.2) is 0 Å². The van der Waals surface area contributed by atoms with Gasteiger partial charge in [-0.15, -0.1) is 0 Å². The third-order valence-corrected chi connectivity index (χ3v) is 11.0. The largest absolute Gasteiger partial charge is 0.396 e. The summed E-state index contributed by atoms with van der Waals surface area (Å²) < 4.78 is 1.87. The summed E-state index contributed by atoms with van der Waals surface area (Å²) in [6, 6.07) is 17.4. The van der Waals surface area contributed by atoms with Gasteiger partial charge in [-0.3, -0.25) is 4.68 Å². The van der Waals surface area contributed by atoms with Crippen LogP contribution in [0.1, 0.15) is 68.1 Å². The highest BCUT2D eigenvalue weighted by molar-refractivity contribution is 6.30. The molecule has 0 bridgehead atoms. The van der Waals surface area contributed by atoms with Gasteiger partial charge in [0, 0.05) is 54.6 Å². The van der Waals surface area contributed by atoms with E-state index in [9.17, 15) is 9.59 Å². The Bertz CT molecular complexity index is 1590. The number of benzene rings is 2. The second kappa shape index (κ2) is 14.8. The minimum atomic E-state index is -0.110. The Morgan fingerprint density at radius 2 is 1.25 bits per heavy atom. The van der Waals surface area contributed by atoms with Crippen molar-refractivity contribution < 1.29 is 14.7 Å². The molecular weight excluding hydrogens is 649 g/mol. The SMILES string of the molecule is N#Cc1cnn(CC2CC3(C2)CC(NC(=O)NCc2ccc(Cl)cc2)C3)c1.O=C(NCc1ccc(Cl)cc1)NC1CC2(CC(CO)C2)C1. The fourth-order valence-corrected chi connectivity index (χ4v) is 8.51. The van der Waals surface area contributed by atoms with Crippen molar-refractivity contribution in [1.29, 1.82) is 5.26 Å². The summed E-state index contributed by atoms with van der Waals surface area (Å²) in [5.74, 6) is 1.11. The van der Waals surface area contributed by atoms with E-state index in [0.29, 0.717) is 58.0 Å². The van der Waals surface area contributed by atoms with Crippen LogP contribution < -0.4 is 21.3 Å².